The van der Waals surface area contributed by atoms with E-state index in [9.17, 15) is 14.9 Å². The quantitative estimate of drug-likeness (QED) is 0.686. The predicted molar refractivity (Wildman–Crippen MR) is 80.7 cm³/mol. The zero-order chi connectivity index (χ0) is 15.4. The van der Waals surface area contributed by atoms with E-state index in [2.05, 4.69) is 5.32 Å². The van der Waals surface area contributed by atoms with Gasteiger partial charge in [0.1, 0.15) is 5.56 Å². The van der Waals surface area contributed by atoms with Crippen LogP contribution in [-0.4, -0.2) is 10.8 Å². The summed E-state index contributed by atoms with van der Waals surface area (Å²) in [6, 6.07) is 10.8. The van der Waals surface area contributed by atoms with Crippen molar-refractivity contribution in [3.63, 3.8) is 0 Å². The van der Waals surface area contributed by atoms with Crippen molar-refractivity contribution in [2.75, 3.05) is 0 Å². The highest BCUT2D eigenvalue weighted by molar-refractivity contribution is 6.31. The molecule has 2 aromatic carbocycles. The lowest BCUT2D eigenvalue weighted by Gasteiger charge is -2.07. The molecule has 0 heterocycles. The van der Waals surface area contributed by atoms with Crippen LogP contribution in [0, 0.1) is 10.1 Å². The monoisotopic (exact) mass is 324 g/mol. The van der Waals surface area contributed by atoms with Crippen LogP contribution in [-0.2, 0) is 6.54 Å². The summed E-state index contributed by atoms with van der Waals surface area (Å²) in [5.41, 5.74) is 0.429. The summed E-state index contributed by atoms with van der Waals surface area (Å²) in [7, 11) is 0. The molecule has 2 rings (SSSR count). The van der Waals surface area contributed by atoms with Gasteiger partial charge in [0.15, 0.2) is 0 Å². The molecule has 0 atom stereocenters. The first-order valence-corrected chi connectivity index (χ1v) is 6.69. The number of nitro groups is 1. The van der Waals surface area contributed by atoms with Crippen LogP contribution < -0.4 is 5.32 Å². The second-order valence-corrected chi connectivity index (χ2v) is 5.10. The molecule has 0 aliphatic carbocycles. The summed E-state index contributed by atoms with van der Waals surface area (Å²) in [5.74, 6) is -0.566. The Labute approximate surface area is 130 Å². The second-order valence-electron chi connectivity index (χ2n) is 4.23. The van der Waals surface area contributed by atoms with Crippen molar-refractivity contribution in [2.24, 2.45) is 0 Å². The maximum atomic E-state index is 12.1. The standard InChI is InChI=1S/C14H10Cl2N2O3/c15-10-3-1-2-9(6-10)8-17-14(19)12-7-11(16)4-5-13(12)18(20)21/h1-7H,8H2,(H,17,19). The zero-order valence-electron chi connectivity index (χ0n) is 10.7. The van der Waals surface area contributed by atoms with Crippen molar-refractivity contribution in [2.45, 2.75) is 6.54 Å². The molecule has 0 saturated carbocycles. The average molecular weight is 325 g/mol. The summed E-state index contributed by atoms with van der Waals surface area (Å²) < 4.78 is 0. The van der Waals surface area contributed by atoms with Crippen molar-refractivity contribution >= 4 is 34.8 Å². The first-order valence-electron chi connectivity index (χ1n) is 5.94. The molecule has 5 nitrogen and oxygen atoms in total. The van der Waals surface area contributed by atoms with Crippen LogP contribution in [0.4, 0.5) is 5.69 Å². The Balaban J connectivity index is 2.17. The first kappa shape index (κ1) is 15.3. The minimum atomic E-state index is -0.620. The third kappa shape index (κ3) is 3.93. The molecule has 1 N–H and O–H groups in total. The van der Waals surface area contributed by atoms with Gasteiger partial charge < -0.3 is 5.32 Å². The van der Waals surface area contributed by atoms with Gasteiger partial charge >= 0.3 is 0 Å². The number of hydrogen-bond acceptors (Lipinski definition) is 3. The summed E-state index contributed by atoms with van der Waals surface area (Å²) >= 11 is 11.6. The fraction of sp³-hybridized carbons (Fsp3) is 0.0714. The number of nitrogens with zero attached hydrogens (tertiary/aromatic N) is 1. The van der Waals surface area contributed by atoms with E-state index in [0.717, 1.165) is 5.56 Å². The number of rotatable bonds is 4. The molecule has 0 aliphatic heterocycles. The van der Waals surface area contributed by atoms with Crippen LogP contribution in [0.5, 0.6) is 0 Å². The topological polar surface area (TPSA) is 72.2 Å². The zero-order valence-corrected chi connectivity index (χ0v) is 12.2. The van der Waals surface area contributed by atoms with E-state index in [1.165, 1.54) is 18.2 Å². The van der Waals surface area contributed by atoms with Crippen molar-refractivity contribution in [1.29, 1.82) is 0 Å². The van der Waals surface area contributed by atoms with E-state index in [-0.39, 0.29) is 22.8 Å². The molecule has 0 aliphatic rings. The van der Waals surface area contributed by atoms with Crippen LogP contribution >= 0.6 is 23.2 Å². The third-order valence-electron chi connectivity index (χ3n) is 2.74. The van der Waals surface area contributed by atoms with Gasteiger partial charge in [-0.1, -0.05) is 35.3 Å². The predicted octanol–water partition coefficient (Wildman–Crippen LogP) is 3.83. The maximum Gasteiger partial charge on any atom is 0.282 e. The average Bonchev–Trinajstić information content (AvgIpc) is 2.44. The van der Waals surface area contributed by atoms with Crippen molar-refractivity contribution in [3.05, 3.63) is 73.8 Å². The number of nitro benzene ring substituents is 1. The van der Waals surface area contributed by atoms with Gasteiger partial charge in [-0.05, 0) is 29.8 Å². The van der Waals surface area contributed by atoms with E-state index in [4.69, 9.17) is 23.2 Å². The third-order valence-corrected chi connectivity index (χ3v) is 3.21. The molecule has 21 heavy (non-hydrogen) atoms. The lowest BCUT2D eigenvalue weighted by atomic mass is 10.1. The summed E-state index contributed by atoms with van der Waals surface area (Å²) in [4.78, 5) is 22.4. The van der Waals surface area contributed by atoms with Crippen molar-refractivity contribution in [1.82, 2.24) is 5.32 Å². The molecule has 108 valence electrons. The Morgan fingerprint density at radius 3 is 2.52 bits per heavy atom. The highest BCUT2D eigenvalue weighted by Gasteiger charge is 2.20. The molecular weight excluding hydrogens is 315 g/mol. The Hall–Kier alpha value is -2.11. The second kappa shape index (κ2) is 6.56. The smallest absolute Gasteiger partial charge is 0.282 e. The van der Waals surface area contributed by atoms with Gasteiger partial charge in [0.05, 0.1) is 4.92 Å². The molecule has 0 unspecified atom stereocenters. The molecule has 0 saturated heterocycles. The SMILES string of the molecule is O=C(NCc1cccc(Cl)c1)c1cc(Cl)ccc1[N+](=O)[O-]. The molecule has 0 radical (unpaired) electrons. The van der Waals surface area contributed by atoms with Gasteiger partial charge in [0.25, 0.3) is 11.6 Å². The molecule has 0 aromatic heterocycles. The maximum absolute atomic E-state index is 12.1. The fourth-order valence-corrected chi connectivity index (χ4v) is 2.16. The number of carbonyl (C=O) groups is 1. The first-order chi connectivity index (χ1) is 9.97. The number of nitrogens with one attached hydrogen (secondary N) is 1. The van der Waals surface area contributed by atoms with Crippen LogP contribution in [0.3, 0.4) is 0 Å². The number of benzene rings is 2. The van der Waals surface area contributed by atoms with Gasteiger partial charge in [0, 0.05) is 22.7 Å². The molecule has 0 spiro atoms. The Morgan fingerprint density at radius 2 is 1.86 bits per heavy atom. The Morgan fingerprint density at radius 1 is 1.14 bits per heavy atom. The lowest BCUT2D eigenvalue weighted by Crippen LogP contribution is -2.23. The van der Waals surface area contributed by atoms with Crippen LogP contribution in [0.25, 0.3) is 0 Å². The van der Waals surface area contributed by atoms with E-state index in [1.54, 1.807) is 24.3 Å². The summed E-state index contributed by atoms with van der Waals surface area (Å²) in [5, 5.41) is 14.3. The lowest BCUT2D eigenvalue weighted by molar-refractivity contribution is -0.385. The highest BCUT2D eigenvalue weighted by atomic mass is 35.5. The number of carbonyl (C=O) groups excluding carboxylic acids is 1. The van der Waals surface area contributed by atoms with Crippen molar-refractivity contribution in [3.8, 4) is 0 Å². The minimum Gasteiger partial charge on any atom is -0.348 e. The van der Waals surface area contributed by atoms with E-state index >= 15 is 0 Å². The van der Waals surface area contributed by atoms with Gasteiger partial charge in [0.2, 0.25) is 0 Å². The van der Waals surface area contributed by atoms with Crippen LogP contribution in [0.2, 0.25) is 10.0 Å². The van der Waals surface area contributed by atoms with Gasteiger partial charge in [-0.2, -0.15) is 0 Å². The van der Waals surface area contributed by atoms with Gasteiger partial charge in [-0.3, -0.25) is 14.9 Å². The van der Waals surface area contributed by atoms with Crippen LogP contribution in [0.15, 0.2) is 42.5 Å². The minimum absolute atomic E-state index is 0.0745. The number of hydrogen-bond donors (Lipinski definition) is 1. The molecule has 1 amide bonds. The van der Waals surface area contributed by atoms with Gasteiger partial charge in [-0.15, -0.1) is 0 Å². The normalized spacial score (nSPS) is 10.2. The summed E-state index contributed by atoms with van der Waals surface area (Å²) in [6.45, 7) is 0.211. The Bertz CT molecular complexity index is 704. The summed E-state index contributed by atoms with van der Waals surface area (Å²) in [6.07, 6.45) is 0. The molecule has 0 bridgehead atoms. The van der Waals surface area contributed by atoms with E-state index < -0.39 is 10.8 Å². The number of halogens is 2. The largest absolute Gasteiger partial charge is 0.348 e. The Kier molecular flexibility index (Phi) is 4.77. The molecular formula is C14H10Cl2N2O3. The van der Waals surface area contributed by atoms with E-state index in [1.807, 2.05) is 0 Å². The molecule has 2 aromatic rings. The van der Waals surface area contributed by atoms with Crippen LogP contribution in [0.1, 0.15) is 15.9 Å². The van der Waals surface area contributed by atoms with Gasteiger partial charge in [-0.25, -0.2) is 0 Å². The van der Waals surface area contributed by atoms with Crippen molar-refractivity contribution < 1.29 is 9.72 Å². The highest BCUT2D eigenvalue weighted by Crippen LogP contribution is 2.22. The fourth-order valence-electron chi connectivity index (χ4n) is 1.77. The molecule has 0 fully saturated rings. The molecule has 7 heteroatoms. The van der Waals surface area contributed by atoms with E-state index in [0.29, 0.717) is 5.02 Å². The number of amides is 1.